The standard InChI is InChI=1S/C19H22N4OS.C2HF3O2/c24-14-16-12-23(21-20-16)17-8-10-22(11-9-17)13-18-6-7-19(25-18)15-4-2-1-3-5-15;3-2(4,5)1(6)7/h1-7,12,17,24H,8-11,13-14H2;(H,6,7). The van der Waals surface area contributed by atoms with E-state index in [9.17, 15) is 13.2 Å². The summed E-state index contributed by atoms with van der Waals surface area (Å²) in [5.41, 5.74) is 1.94. The Morgan fingerprint density at radius 2 is 1.78 bits per heavy atom. The van der Waals surface area contributed by atoms with Crippen LogP contribution in [0.5, 0.6) is 0 Å². The van der Waals surface area contributed by atoms with E-state index >= 15 is 0 Å². The second kappa shape index (κ2) is 10.7. The number of aliphatic hydroxyl groups is 1. The van der Waals surface area contributed by atoms with Crippen molar-refractivity contribution in [3.8, 4) is 10.4 Å². The third-order valence-corrected chi connectivity index (χ3v) is 6.11. The highest BCUT2D eigenvalue weighted by atomic mass is 32.1. The first-order valence-electron chi connectivity index (χ1n) is 9.94. The average Bonchev–Trinajstić information content (AvgIpc) is 3.44. The molecule has 3 aromatic rings. The van der Waals surface area contributed by atoms with Crippen LogP contribution in [-0.4, -0.2) is 55.3 Å². The van der Waals surface area contributed by atoms with Crippen molar-refractivity contribution < 1.29 is 28.2 Å². The van der Waals surface area contributed by atoms with Crippen LogP contribution < -0.4 is 0 Å². The molecule has 1 aliphatic heterocycles. The zero-order chi connectivity index (χ0) is 23.1. The van der Waals surface area contributed by atoms with Crippen LogP contribution in [0.1, 0.15) is 29.5 Å². The molecule has 11 heteroatoms. The maximum absolute atomic E-state index is 10.6. The summed E-state index contributed by atoms with van der Waals surface area (Å²) in [6, 6.07) is 15.4. The fourth-order valence-corrected chi connectivity index (χ4v) is 4.40. The molecule has 0 bridgehead atoms. The van der Waals surface area contributed by atoms with Crippen molar-refractivity contribution in [2.75, 3.05) is 13.1 Å². The van der Waals surface area contributed by atoms with Gasteiger partial charge < -0.3 is 10.2 Å². The highest BCUT2D eigenvalue weighted by Gasteiger charge is 2.38. The highest BCUT2D eigenvalue weighted by Crippen LogP contribution is 2.30. The summed E-state index contributed by atoms with van der Waals surface area (Å²) in [5, 5.41) is 24.4. The monoisotopic (exact) mass is 468 g/mol. The minimum atomic E-state index is -5.08. The normalized spacial score (nSPS) is 15.2. The number of halogens is 3. The third-order valence-electron chi connectivity index (χ3n) is 4.99. The van der Waals surface area contributed by atoms with Crippen LogP contribution in [0.2, 0.25) is 0 Å². The molecule has 1 aromatic carbocycles. The quantitative estimate of drug-likeness (QED) is 0.589. The zero-order valence-corrected chi connectivity index (χ0v) is 17.9. The average molecular weight is 469 g/mol. The van der Waals surface area contributed by atoms with E-state index in [0.717, 1.165) is 32.5 Å². The number of benzene rings is 1. The summed E-state index contributed by atoms with van der Waals surface area (Å²) in [5.74, 6) is -2.76. The van der Waals surface area contributed by atoms with Crippen molar-refractivity contribution >= 4 is 17.3 Å². The van der Waals surface area contributed by atoms with Gasteiger partial charge in [0.05, 0.1) is 18.8 Å². The molecule has 1 fully saturated rings. The number of nitrogens with zero attached hydrogens (tertiary/aromatic N) is 4. The molecule has 0 radical (unpaired) electrons. The Balaban J connectivity index is 0.000000360. The van der Waals surface area contributed by atoms with Gasteiger partial charge in [-0.25, -0.2) is 9.48 Å². The van der Waals surface area contributed by atoms with E-state index in [4.69, 9.17) is 15.0 Å². The van der Waals surface area contributed by atoms with Crippen LogP contribution in [0.15, 0.2) is 48.7 Å². The summed E-state index contributed by atoms with van der Waals surface area (Å²) < 4.78 is 33.7. The molecule has 2 aromatic heterocycles. The molecule has 172 valence electrons. The Morgan fingerprint density at radius 1 is 1.12 bits per heavy atom. The number of aromatic nitrogens is 3. The maximum Gasteiger partial charge on any atom is 0.490 e. The third kappa shape index (κ3) is 6.62. The van der Waals surface area contributed by atoms with Gasteiger partial charge in [0.15, 0.2) is 0 Å². The number of thiophene rings is 1. The predicted octanol–water partition coefficient (Wildman–Crippen LogP) is 3.97. The van der Waals surface area contributed by atoms with Crippen molar-refractivity contribution in [3.05, 3.63) is 59.2 Å². The molecule has 0 atom stereocenters. The molecule has 0 amide bonds. The first kappa shape index (κ1) is 23.9. The Bertz CT molecular complexity index is 999. The molecule has 7 nitrogen and oxygen atoms in total. The number of aliphatic carboxylic acids is 1. The van der Waals surface area contributed by atoms with Crippen molar-refractivity contribution in [2.45, 2.75) is 38.2 Å². The van der Waals surface area contributed by atoms with Gasteiger partial charge in [0.25, 0.3) is 0 Å². The van der Waals surface area contributed by atoms with Gasteiger partial charge in [0, 0.05) is 29.4 Å². The summed E-state index contributed by atoms with van der Waals surface area (Å²) in [4.78, 5) is 14.2. The van der Waals surface area contributed by atoms with E-state index in [-0.39, 0.29) is 6.61 Å². The number of alkyl halides is 3. The molecule has 1 saturated heterocycles. The number of likely N-dealkylation sites (tertiary alicyclic amines) is 1. The lowest BCUT2D eigenvalue weighted by molar-refractivity contribution is -0.192. The fraction of sp³-hybridized carbons (Fsp3) is 0.381. The van der Waals surface area contributed by atoms with Crippen LogP contribution >= 0.6 is 11.3 Å². The first-order chi connectivity index (χ1) is 15.3. The number of carboxylic acid groups (broad SMARTS) is 1. The van der Waals surface area contributed by atoms with Crippen LogP contribution in [0, 0.1) is 0 Å². The second-order valence-corrected chi connectivity index (χ2v) is 8.46. The minimum Gasteiger partial charge on any atom is -0.475 e. The van der Waals surface area contributed by atoms with Gasteiger partial charge in [-0.1, -0.05) is 35.5 Å². The van der Waals surface area contributed by atoms with E-state index in [1.54, 1.807) is 0 Å². The number of piperidine rings is 1. The Hall–Kier alpha value is -2.76. The minimum absolute atomic E-state index is 0.0407. The number of aliphatic hydroxyl groups excluding tert-OH is 1. The molecule has 2 N–H and O–H groups in total. The number of carbonyl (C=O) groups is 1. The van der Waals surface area contributed by atoms with Gasteiger partial charge >= 0.3 is 12.1 Å². The molecular weight excluding hydrogens is 445 g/mol. The molecule has 0 unspecified atom stereocenters. The molecule has 0 saturated carbocycles. The summed E-state index contributed by atoms with van der Waals surface area (Å²) in [6.07, 6.45) is -1.07. The topological polar surface area (TPSA) is 91.5 Å². The highest BCUT2D eigenvalue weighted by molar-refractivity contribution is 7.15. The fourth-order valence-electron chi connectivity index (χ4n) is 3.35. The van der Waals surface area contributed by atoms with Crippen molar-refractivity contribution in [3.63, 3.8) is 0 Å². The lowest BCUT2D eigenvalue weighted by Gasteiger charge is -2.31. The largest absolute Gasteiger partial charge is 0.490 e. The smallest absolute Gasteiger partial charge is 0.475 e. The van der Waals surface area contributed by atoms with Crippen molar-refractivity contribution in [2.24, 2.45) is 0 Å². The van der Waals surface area contributed by atoms with E-state index in [1.165, 1.54) is 15.3 Å². The van der Waals surface area contributed by atoms with Gasteiger partial charge in [-0.3, -0.25) is 4.90 Å². The molecule has 0 spiro atoms. The maximum atomic E-state index is 10.6. The molecule has 4 rings (SSSR count). The molecule has 32 heavy (non-hydrogen) atoms. The van der Waals surface area contributed by atoms with E-state index < -0.39 is 12.1 Å². The van der Waals surface area contributed by atoms with Crippen LogP contribution in [-0.2, 0) is 17.9 Å². The number of rotatable bonds is 5. The number of hydrogen-bond acceptors (Lipinski definition) is 6. The van der Waals surface area contributed by atoms with E-state index in [2.05, 4.69) is 57.7 Å². The summed E-state index contributed by atoms with van der Waals surface area (Å²) in [7, 11) is 0. The van der Waals surface area contributed by atoms with Crippen LogP contribution in [0.25, 0.3) is 10.4 Å². The Morgan fingerprint density at radius 3 is 2.34 bits per heavy atom. The molecule has 3 heterocycles. The van der Waals surface area contributed by atoms with E-state index in [0.29, 0.717) is 11.7 Å². The Labute approximate surface area is 186 Å². The lowest BCUT2D eigenvalue weighted by Crippen LogP contribution is -2.34. The predicted molar refractivity (Wildman–Crippen MR) is 113 cm³/mol. The number of hydrogen-bond donors (Lipinski definition) is 2. The van der Waals surface area contributed by atoms with Gasteiger partial charge in [-0.05, 0) is 30.5 Å². The van der Waals surface area contributed by atoms with Gasteiger partial charge in [-0.2, -0.15) is 13.2 Å². The van der Waals surface area contributed by atoms with Crippen LogP contribution in [0.4, 0.5) is 13.2 Å². The van der Waals surface area contributed by atoms with Gasteiger partial charge in [0.2, 0.25) is 0 Å². The van der Waals surface area contributed by atoms with Gasteiger partial charge in [-0.15, -0.1) is 16.4 Å². The lowest BCUT2D eigenvalue weighted by atomic mass is 10.1. The second-order valence-electron chi connectivity index (χ2n) is 7.29. The van der Waals surface area contributed by atoms with Gasteiger partial charge in [0.1, 0.15) is 5.69 Å². The summed E-state index contributed by atoms with van der Waals surface area (Å²) >= 11 is 1.89. The molecule has 1 aliphatic rings. The Kier molecular flexibility index (Phi) is 7.99. The van der Waals surface area contributed by atoms with Crippen molar-refractivity contribution in [1.82, 2.24) is 19.9 Å². The zero-order valence-electron chi connectivity index (χ0n) is 17.1. The summed E-state index contributed by atoms with van der Waals surface area (Å²) in [6.45, 7) is 3.11. The first-order valence-corrected chi connectivity index (χ1v) is 10.8. The molecular formula is C21H23F3N4O3S. The SMILES string of the molecule is O=C(O)C(F)(F)F.OCc1cn(C2CCN(Cc3ccc(-c4ccccc4)s3)CC2)nn1. The molecule has 0 aliphatic carbocycles. The van der Waals surface area contributed by atoms with E-state index in [1.807, 2.05) is 22.2 Å². The van der Waals surface area contributed by atoms with Crippen molar-refractivity contribution in [1.29, 1.82) is 0 Å². The number of carboxylic acids is 1. The van der Waals surface area contributed by atoms with Crippen LogP contribution in [0.3, 0.4) is 0 Å².